The van der Waals surface area contributed by atoms with Crippen LogP contribution in [-0.2, 0) is 11.3 Å². The molecule has 0 radical (unpaired) electrons. The van der Waals surface area contributed by atoms with Gasteiger partial charge in [-0.3, -0.25) is 4.79 Å². The fourth-order valence-corrected chi connectivity index (χ4v) is 4.98. The van der Waals surface area contributed by atoms with Crippen LogP contribution in [-0.4, -0.2) is 33.6 Å². The SMILES string of the molecule is Cc1nc2c(SCC(=O)NCc3ccc4c(c3)OCO4)nnc(-c3ccccc3)c2s1. The lowest BCUT2D eigenvalue weighted by Crippen LogP contribution is -2.24. The molecule has 9 heteroatoms. The van der Waals surface area contributed by atoms with E-state index in [9.17, 15) is 4.79 Å². The smallest absolute Gasteiger partial charge is 0.231 e. The van der Waals surface area contributed by atoms with E-state index in [1.54, 1.807) is 11.3 Å². The molecule has 0 aliphatic carbocycles. The minimum Gasteiger partial charge on any atom is -0.454 e. The summed E-state index contributed by atoms with van der Waals surface area (Å²) < 4.78 is 11.7. The Kier molecular flexibility index (Phi) is 5.44. The van der Waals surface area contributed by atoms with E-state index in [1.165, 1.54) is 11.8 Å². The van der Waals surface area contributed by atoms with E-state index in [1.807, 2.05) is 55.5 Å². The van der Waals surface area contributed by atoms with Gasteiger partial charge in [-0.25, -0.2) is 4.98 Å². The lowest BCUT2D eigenvalue weighted by atomic mass is 10.1. The number of amides is 1. The number of ether oxygens (including phenoxy) is 2. The molecule has 0 bridgehead atoms. The standard InChI is InChI=1S/C22H18N4O3S2/c1-13-24-20-21(31-13)19(15-5-3-2-4-6-15)25-26-22(20)30-11-18(27)23-10-14-7-8-16-17(9-14)29-12-28-16/h2-9H,10-12H2,1H3,(H,23,27). The second-order valence-electron chi connectivity index (χ2n) is 6.88. The molecule has 1 aliphatic heterocycles. The normalized spacial score (nSPS) is 12.3. The van der Waals surface area contributed by atoms with Gasteiger partial charge in [-0.05, 0) is 24.6 Å². The first-order chi connectivity index (χ1) is 15.2. The van der Waals surface area contributed by atoms with E-state index in [2.05, 4.69) is 20.5 Å². The van der Waals surface area contributed by atoms with Crippen LogP contribution in [0, 0.1) is 6.92 Å². The molecule has 1 aliphatic rings. The molecular formula is C22H18N4O3S2. The molecule has 1 amide bonds. The predicted molar refractivity (Wildman–Crippen MR) is 121 cm³/mol. The highest BCUT2D eigenvalue weighted by atomic mass is 32.2. The summed E-state index contributed by atoms with van der Waals surface area (Å²) in [5.41, 5.74) is 3.57. The zero-order chi connectivity index (χ0) is 21.2. The van der Waals surface area contributed by atoms with Crippen molar-refractivity contribution in [1.82, 2.24) is 20.5 Å². The molecule has 2 aromatic carbocycles. The van der Waals surface area contributed by atoms with E-state index in [0.717, 1.165) is 37.8 Å². The fourth-order valence-electron chi connectivity index (χ4n) is 3.24. The van der Waals surface area contributed by atoms with Gasteiger partial charge in [0.25, 0.3) is 0 Å². The lowest BCUT2D eigenvalue weighted by molar-refractivity contribution is -0.118. The van der Waals surface area contributed by atoms with Crippen LogP contribution in [0.3, 0.4) is 0 Å². The van der Waals surface area contributed by atoms with Crippen molar-refractivity contribution in [2.45, 2.75) is 18.5 Å². The number of aryl methyl sites for hydroxylation is 1. The number of hydrogen-bond donors (Lipinski definition) is 1. The van der Waals surface area contributed by atoms with Gasteiger partial charge < -0.3 is 14.8 Å². The van der Waals surface area contributed by atoms with Crippen molar-refractivity contribution in [3.8, 4) is 22.8 Å². The van der Waals surface area contributed by atoms with E-state index in [0.29, 0.717) is 17.3 Å². The molecule has 7 nitrogen and oxygen atoms in total. The quantitative estimate of drug-likeness (QED) is 0.441. The number of carbonyl (C=O) groups is 1. The van der Waals surface area contributed by atoms with Gasteiger partial charge in [0.05, 0.1) is 15.5 Å². The highest BCUT2D eigenvalue weighted by Gasteiger charge is 2.17. The van der Waals surface area contributed by atoms with Crippen molar-refractivity contribution in [3.05, 3.63) is 59.1 Å². The molecule has 5 rings (SSSR count). The van der Waals surface area contributed by atoms with E-state index < -0.39 is 0 Å². The largest absolute Gasteiger partial charge is 0.454 e. The number of hydrogen-bond acceptors (Lipinski definition) is 8. The van der Waals surface area contributed by atoms with Gasteiger partial charge in [0, 0.05) is 12.1 Å². The lowest BCUT2D eigenvalue weighted by Gasteiger charge is -2.07. The molecule has 0 spiro atoms. The third kappa shape index (κ3) is 4.19. The molecule has 31 heavy (non-hydrogen) atoms. The highest BCUT2D eigenvalue weighted by molar-refractivity contribution is 8.00. The van der Waals surface area contributed by atoms with Gasteiger partial charge in [0.1, 0.15) is 16.2 Å². The van der Waals surface area contributed by atoms with E-state index in [-0.39, 0.29) is 18.5 Å². The van der Waals surface area contributed by atoms with Gasteiger partial charge in [-0.1, -0.05) is 48.2 Å². The summed E-state index contributed by atoms with van der Waals surface area (Å²) in [7, 11) is 0. The van der Waals surface area contributed by atoms with Crippen molar-refractivity contribution in [2.75, 3.05) is 12.5 Å². The summed E-state index contributed by atoms with van der Waals surface area (Å²) in [6, 6.07) is 15.6. The van der Waals surface area contributed by atoms with Gasteiger partial charge in [-0.2, -0.15) is 0 Å². The number of fused-ring (bicyclic) bond motifs is 2. The minimum absolute atomic E-state index is 0.0864. The van der Waals surface area contributed by atoms with Crippen LogP contribution < -0.4 is 14.8 Å². The molecule has 156 valence electrons. The summed E-state index contributed by atoms with van der Waals surface area (Å²) in [6.07, 6.45) is 0. The topological polar surface area (TPSA) is 86.2 Å². The zero-order valence-corrected chi connectivity index (χ0v) is 18.3. The Bertz CT molecular complexity index is 1260. The van der Waals surface area contributed by atoms with Crippen molar-refractivity contribution >= 4 is 39.2 Å². The van der Waals surface area contributed by atoms with Crippen LogP contribution >= 0.6 is 23.1 Å². The number of nitrogens with one attached hydrogen (secondary N) is 1. The van der Waals surface area contributed by atoms with Crippen LogP contribution in [0.4, 0.5) is 0 Å². The van der Waals surface area contributed by atoms with Crippen molar-refractivity contribution in [3.63, 3.8) is 0 Å². The Morgan fingerprint density at radius 1 is 1.13 bits per heavy atom. The van der Waals surface area contributed by atoms with E-state index in [4.69, 9.17) is 9.47 Å². The number of benzene rings is 2. The van der Waals surface area contributed by atoms with Crippen LogP contribution in [0.5, 0.6) is 11.5 Å². The van der Waals surface area contributed by atoms with Gasteiger partial charge in [0.2, 0.25) is 12.7 Å². The Morgan fingerprint density at radius 3 is 2.84 bits per heavy atom. The average Bonchev–Trinajstić information content (AvgIpc) is 3.42. The third-order valence-corrected chi connectivity index (χ3v) is 6.64. The molecule has 3 heterocycles. The van der Waals surface area contributed by atoms with Crippen LogP contribution in [0.1, 0.15) is 10.6 Å². The summed E-state index contributed by atoms with van der Waals surface area (Å²) in [5.74, 6) is 1.58. The minimum atomic E-state index is -0.0864. The molecular weight excluding hydrogens is 432 g/mol. The number of carbonyl (C=O) groups excluding carboxylic acids is 1. The molecule has 0 unspecified atom stereocenters. The van der Waals surface area contributed by atoms with Crippen molar-refractivity contribution in [2.24, 2.45) is 0 Å². The second-order valence-corrected chi connectivity index (χ2v) is 9.05. The third-order valence-electron chi connectivity index (χ3n) is 4.71. The number of rotatable bonds is 6. The molecule has 1 N–H and O–H groups in total. The first-order valence-electron chi connectivity index (χ1n) is 9.64. The van der Waals surface area contributed by atoms with Crippen molar-refractivity contribution < 1.29 is 14.3 Å². The molecule has 0 fully saturated rings. The molecule has 0 atom stereocenters. The maximum absolute atomic E-state index is 12.4. The van der Waals surface area contributed by atoms with E-state index >= 15 is 0 Å². The Hall–Kier alpha value is -3.17. The van der Waals surface area contributed by atoms with Crippen LogP contribution in [0.15, 0.2) is 53.6 Å². The molecule has 0 saturated carbocycles. The summed E-state index contributed by atoms with van der Waals surface area (Å²) >= 11 is 2.93. The Balaban J connectivity index is 1.27. The van der Waals surface area contributed by atoms with Crippen LogP contribution in [0.2, 0.25) is 0 Å². The first-order valence-corrected chi connectivity index (χ1v) is 11.4. The monoisotopic (exact) mass is 450 g/mol. The predicted octanol–water partition coefficient (Wildman–Crippen LogP) is 4.20. The number of thioether (sulfide) groups is 1. The summed E-state index contributed by atoms with van der Waals surface area (Å²) in [4.78, 5) is 17.0. The molecule has 4 aromatic rings. The number of thiazole rings is 1. The Labute approximate surface area is 186 Å². The number of aromatic nitrogens is 3. The maximum atomic E-state index is 12.4. The maximum Gasteiger partial charge on any atom is 0.231 e. The molecule has 2 aromatic heterocycles. The van der Waals surface area contributed by atoms with Gasteiger partial charge in [0.15, 0.2) is 11.5 Å². The van der Waals surface area contributed by atoms with Gasteiger partial charge in [-0.15, -0.1) is 21.5 Å². The summed E-state index contributed by atoms with van der Waals surface area (Å²) in [5, 5.41) is 13.3. The van der Waals surface area contributed by atoms with Crippen molar-refractivity contribution in [1.29, 1.82) is 0 Å². The van der Waals surface area contributed by atoms with Crippen LogP contribution in [0.25, 0.3) is 21.5 Å². The number of nitrogens with zero attached hydrogens (tertiary/aromatic N) is 3. The zero-order valence-electron chi connectivity index (χ0n) is 16.6. The van der Waals surface area contributed by atoms with Gasteiger partial charge >= 0.3 is 0 Å². The highest BCUT2D eigenvalue weighted by Crippen LogP contribution is 2.35. The fraction of sp³-hybridized carbons (Fsp3) is 0.182. The first kappa shape index (κ1) is 19.8. The average molecular weight is 451 g/mol. The molecule has 0 saturated heterocycles. The summed E-state index contributed by atoms with van der Waals surface area (Å²) in [6.45, 7) is 2.61. The Morgan fingerprint density at radius 2 is 1.97 bits per heavy atom. The second kappa shape index (κ2) is 8.52.